The van der Waals surface area contributed by atoms with Gasteiger partial charge in [0.25, 0.3) is 5.91 Å². The number of nitrogens with one attached hydrogen (secondary N) is 1. The van der Waals surface area contributed by atoms with Crippen LogP contribution in [-0.2, 0) is 23.1 Å². The Morgan fingerprint density at radius 3 is 2.05 bits per heavy atom. The van der Waals surface area contributed by atoms with Crippen molar-refractivity contribution >= 4 is 21.6 Å². The van der Waals surface area contributed by atoms with Gasteiger partial charge in [0.2, 0.25) is 10.0 Å². The van der Waals surface area contributed by atoms with E-state index in [1.165, 1.54) is 29.6 Å². The van der Waals surface area contributed by atoms with E-state index in [9.17, 15) is 17.6 Å². The first-order chi connectivity index (χ1) is 18.8. The number of benzene rings is 4. The molecule has 0 unspecified atom stereocenters. The van der Waals surface area contributed by atoms with Gasteiger partial charge in [-0.3, -0.25) is 4.79 Å². The normalized spacial score (nSPS) is 11.8. The van der Waals surface area contributed by atoms with Crippen molar-refractivity contribution in [3.8, 4) is 5.75 Å². The van der Waals surface area contributed by atoms with Gasteiger partial charge < -0.3 is 4.74 Å². The van der Waals surface area contributed by atoms with E-state index < -0.39 is 21.7 Å². The number of halogens is 1. The highest BCUT2D eigenvalue weighted by Gasteiger charge is 2.25. The molecule has 4 aromatic rings. The van der Waals surface area contributed by atoms with Crippen molar-refractivity contribution in [2.45, 2.75) is 24.9 Å². The first-order valence-electron chi connectivity index (χ1n) is 12.1. The summed E-state index contributed by atoms with van der Waals surface area (Å²) in [5.41, 5.74) is 4.94. The molecule has 4 aromatic carbocycles. The molecular weight excluding hydrogens is 517 g/mol. The zero-order valence-corrected chi connectivity index (χ0v) is 22.4. The third-order valence-electron chi connectivity index (χ3n) is 6.06. The number of rotatable bonds is 10. The summed E-state index contributed by atoms with van der Waals surface area (Å²) in [5, 5.41) is 4.01. The second-order valence-corrected chi connectivity index (χ2v) is 10.7. The maximum atomic E-state index is 14.0. The van der Waals surface area contributed by atoms with Crippen LogP contribution in [0.3, 0.4) is 0 Å². The maximum Gasteiger partial charge on any atom is 0.271 e. The molecule has 9 heteroatoms. The van der Waals surface area contributed by atoms with Gasteiger partial charge in [-0.15, -0.1) is 0 Å². The number of ether oxygens (including phenoxy) is 1. The van der Waals surface area contributed by atoms with E-state index in [2.05, 4.69) is 10.5 Å². The molecule has 0 radical (unpaired) electrons. The van der Waals surface area contributed by atoms with E-state index in [0.717, 1.165) is 5.56 Å². The Hall–Kier alpha value is -4.34. The van der Waals surface area contributed by atoms with E-state index >= 15 is 0 Å². The molecule has 0 atom stereocenters. The van der Waals surface area contributed by atoms with Gasteiger partial charge in [-0.25, -0.2) is 18.2 Å². The zero-order valence-electron chi connectivity index (χ0n) is 21.5. The molecule has 0 aliphatic rings. The fourth-order valence-corrected chi connectivity index (χ4v) is 5.31. The Bertz CT molecular complexity index is 1560. The van der Waals surface area contributed by atoms with Gasteiger partial charge in [0.1, 0.15) is 11.6 Å². The molecule has 0 bridgehead atoms. The molecule has 0 aromatic heterocycles. The lowest BCUT2D eigenvalue weighted by molar-refractivity contribution is 0.0954. The van der Waals surface area contributed by atoms with Crippen LogP contribution in [0.1, 0.15) is 34.0 Å². The largest absolute Gasteiger partial charge is 0.497 e. The minimum atomic E-state index is -3.85. The minimum absolute atomic E-state index is 0.0930. The summed E-state index contributed by atoms with van der Waals surface area (Å²) < 4.78 is 47.7. The first-order valence-corrected chi connectivity index (χ1v) is 13.6. The van der Waals surface area contributed by atoms with Crippen LogP contribution in [0.5, 0.6) is 5.75 Å². The molecule has 0 saturated heterocycles. The number of sulfonamides is 1. The minimum Gasteiger partial charge on any atom is -0.497 e. The van der Waals surface area contributed by atoms with E-state index in [0.29, 0.717) is 28.2 Å². The number of hydrogen-bond acceptors (Lipinski definition) is 5. The number of methoxy groups -OCH3 is 1. The summed E-state index contributed by atoms with van der Waals surface area (Å²) in [5.74, 6) is -0.336. The molecular formula is C30H28FN3O4S. The van der Waals surface area contributed by atoms with Crippen molar-refractivity contribution in [3.63, 3.8) is 0 Å². The molecule has 0 aliphatic carbocycles. The van der Waals surface area contributed by atoms with Gasteiger partial charge in [0.05, 0.1) is 17.7 Å². The number of carbonyl (C=O) groups is 1. The summed E-state index contributed by atoms with van der Waals surface area (Å²) in [6.07, 6.45) is 0. The average Bonchev–Trinajstić information content (AvgIpc) is 2.96. The third kappa shape index (κ3) is 6.95. The van der Waals surface area contributed by atoms with Crippen LogP contribution >= 0.6 is 0 Å². The maximum absolute atomic E-state index is 14.0. The van der Waals surface area contributed by atoms with Crippen molar-refractivity contribution in [2.24, 2.45) is 5.10 Å². The van der Waals surface area contributed by atoms with E-state index in [-0.39, 0.29) is 18.0 Å². The molecule has 0 fully saturated rings. The third-order valence-corrected chi connectivity index (χ3v) is 7.87. The average molecular weight is 546 g/mol. The van der Waals surface area contributed by atoms with Crippen LogP contribution in [-0.4, -0.2) is 31.5 Å². The highest BCUT2D eigenvalue weighted by Crippen LogP contribution is 2.23. The van der Waals surface area contributed by atoms with Gasteiger partial charge >= 0.3 is 0 Å². The number of hydrogen-bond donors (Lipinski definition) is 1. The Kier molecular flexibility index (Phi) is 8.85. The fourth-order valence-electron chi connectivity index (χ4n) is 3.89. The molecule has 7 nitrogen and oxygen atoms in total. The summed E-state index contributed by atoms with van der Waals surface area (Å²) in [7, 11) is -2.33. The predicted molar refractivity (Wildman–Crippen MR) is 148 cm³/mol. The second kappa shape index (κ2) is 12.5. The first kappa shape index (κ1) is 27.7. The van der Waals surface area contributed by atoms with Crippen molar-refractivity contribution in [3.05, 3.63) is 131 Å². The van der Waals surface area contributed by atoms with Crippen LogP contribution in [0, 0.1) is 5.82 Å². The molecule has 0 spiro atoms. The Morgan fingerprint density at radius 1 is 0.846 bits per heavy atom. The van der Waals surface area contributed by atoms with E-state index in [1.54, 1.807) is 61.5 Å². The number of nitrogens with zero attached hydrogens (tertiary/aromatic N) is 2. The van der Waals surface area contributed by atoms with E-state index in [4.69, 9.17) is 4.74 Å². The van der Waals surface area contributed by atoms with Crippen molar-refractivity contribution < 1.29 is 22.3 Å². The lowest BCUT2D eigenvalue weighted by Gasteiger charge is -2.23. The molecule has 0 heterocycles. The van der Waals surface area contributed by atoms with Gasteiger partial charge in [0, 0.05) is 24.2 Å². The van der Waals surface area contributed by atoms with Crippen molar-refractivity contribution in [1.29, 1.82) is 0 Å². The molecule has 39 heavy (non-hydrogen) atoms. The molecule has 1 amide bonds. The number of amides is 1. The molecule has 4 rings (SSSR count). The summed E-state index contributed by atoms with van der Waals surface area (Å²) >= 11 is 0. The van der Waals surface area contributed by atoms with Gasteiger partial charge in [0.15, 0.2) is 0 Å². The fraction of sp³-hybridized carbons (Fsp3) is 0.133. The topological polar surface area (TPSA) is 88.1 Å². The monoisotopic (exact) mass is 545 g/mol. The summed E-state index contributed by atoms with van der Waals surface area (Å²) in [4.78, 5) is 12.8. The summed E-state index contributed by atoms with van der Waals surface area (Å²) in [6, 6.07) is 28.3. The predicted octanol–water partition coefficient (Wildman–Crippen LogP) is 5.38. The van der Waals surface area contributed by atoms with Crippen LogP contribution in [0.15, 0.2) is 113 Å². The molecule has 0 aliphatic heterocycles. The van der Waals surface area contributed by atoms with Crippen LogP contribution in [0.2, 0.25) is 0 Å². The van der Waals surface area contributed by atoms with Crippen LogP contribution in [0.4, 0.5) is 4.39 Å². The quantitative estimate of drug-likeness (QED) is 0.214. The Balaban J connectivity index is 1.52. The SMILES string of the molecule is COc1ccc(S(=O)(=O)N(Cc2ccccc2)Cc2ccc(C(=O)NN=C(C)c3ccccc3F)cc2)cc1. The number of carbonyl (C=O) groups excluding carboxylic acids is 1. The Morgan fingerprint density at radius 2 is 1.44 bits per heavy atom. The number of hydrazone groups is 1. The standard InChI is InChI=1S/C30H28FN3O4S/c1-22(28-10-6-7-11-29(28)31)32-33-30(35)25-14-12-24(13-15-25)21-34(20-23-8-4-3-5-9-23)39(36,37)27-18-16-26(38-2)17-19-27/h3-19H,20-21H2,1-2H3,(H,33,35). The highest BCUT2D eigenvalue weighted by molar-refractivity contribution is 7.89. The van der Waals surface area contributed by atoms with Crippen LogP contribution < -0.4 is 10.2 Å². The second-order valence-electron chi connectivity index (χ2n) is 8.75. The van der Waals surface area contributed by atoms with Gasteiger partial charge in [-0.1, -0.05) is 60.7 Å². The van der Waals surface area contributed by atoms with Crippen LogP contribution in [0.25, 0.3) is 0 Å². The van der Waals surface area contributed by atoms with E-state index in [1.807, 2.05) is 30.3 Å². The lowest BCUT2D eigenvalue weighted by Crippen LogP contribution is -2.30. The Labute approximate surface area is 227 Å². The summed E-state index contributed by atoms with van der Waals surface area (Å²) in [6.45, 7) is 1.86. The van der Waals surface area contributed by atoms with Crippen molar-refractivity contribution in [2.75, 3.05) is 7.11 Å². The van der Waals surface area contributed by atoms with Gasteiger partial charge in [-0.2, -0.15) is 9.41 Å². The molecule has 0 saturated carbocycles. The smallest absolute Gasteiger partial charge is 0.271 e. The lowest BCUT2D eigenvalue weighted by atomic mass is 10.1. The zero-order chi connectivity index (χ0) is 27.8. The highest BCUT2D eigenvalue weighted by atomic mass is 32.2. The molecule has 200 valence electrons. The molecule has 1 N–H and O–H groups in total. The van der Waals surface area contributed by atoms with Crippen molar-refractivity contribution in [1.82, 2.24) is 9.73 Å². The van der Waals surface area contributed by atoms with Gasteiger partial charge in [-0.05, 0) is 60.5 Å².